The molecule has 0 fully saturated rings. The van der Waals surface area contributed by atoms with Gasteiger partial charge in [-0.15, -0.1) is 0 Å². The van der Waals surface area contributed by atoms with E-state index < -0.39 is 0 Å². The summed E-state index contributed by atoms with van der Waals surface area (Å²) in [7, 11) is 0. The van der Waals surface area contributed by atoms with Crippen molar-refractivity contribution in [1.29, 1.82) is 0 Å². The van der Waals surface area contributed by atoms with E-state index in [0.717, 1.165) is 0 Å². The third-order valence-electron chi connectivity index (χ3n) is 0.538. The lowest BCUT2D eigenvalue weighted by atomic mass is 10.5. The molecule has 0 atom stereocenters. The third kappa shape index (κ3) is 7.76. The Morgan fingerprint density at radius 1 is 1.33 bits per heavy atom. The van der Waals surface area contributed by atoms with Crippen LogP contribution in [0.4, 0.5) is 0 Å². The Balaban J connectivity index is 2.60. The Labute approximate surface area is 51.8 Å². The fraction of sp³-hybridized carbons (Fsp3) is 1.00. The molecule has 56 valence electrons. The monoisotopic (exact) mass is 139 g/mol. The first-order chi connectivity index (χ1) is 4.41. The Kier molecular flexibility index (Phi) is 7.55. The summed E-state index contributed by atoms with van der Waals surface area (Å²) in [6.07, 6.45) is 0.648. The van der Waals surface area contributed by atoms with Gasteiger partial charge in [-0.2, -0.15) is 0 Å². The zero-order chi connectivity index (χ0) is 6.95. The molecule has 0 amide bonds. The average molecular weight is 139 g/mol. The maximum Gasteiger partial charge on any atom is 0.0867 e. The van der Waals surface area contributed by atoms with E-state index >= 15 is 0 Å². The number of nitrogens with two attached hydrogens (primary N) is 1. The van der Waals surface area contributed by atoms with Crippen LogP contribution in [0.2, 0.25) is 0 Å². The summed E-state index contributed by atoms with van der Waals surface area (Å²) < 4.78 is 0. The van der Waals surface area contributed by atoms with Crippen LogP contribution < -0.4 is 5.73 Å². The largest absolute Gasteiger partial charge is 0.330 e. The minimum atomic E-state index is 0.292. The molecule has 0 unspecified atom stereocenters. The van der Waals surface area contributed by atoms with Crippen molar-refractivity contribution in [3.63, 3.8) is 0 Å². The first-order valence-electron chi connectivity index (χ1n) is 2.38. The predicted octanol–water partition coefficient (Wildman–Crippen LogP) is -0.380. The van der Waals surface area contributed by atoms with Gasteiger partial charge >= 0.3 is 0 Å². The van der Waals surface area contributed by atoms with E-state index in [9.17, 15) is 0 Å². The van der Waals surface area contributed by atoms with Crippen molar-refractivity contribution in [3.8, 4) is 0 Å². The molecule has 9 heavy (non-hydrogen) atoms. The minimum absolute atomic E-state index is 0.292. The Hall–Kier alpha value is -0.240. The van der Waals surface area contributed by atoms with Gasteiger partial charge in [-0.05, 0) is 28.1 Å². The topological polar surface area (TPSA) is 83.2 Å². The minimum Gasteiger partial charge on any atom is -0.330 e. The third-order valence-corrected chi connectivity index (χ3v) is 0.538. The Bertz CT molecular complexity index is 45.5. The van der Waals surface area contributed by atoms with E-state index in [0.29, 0.717) is 19.6 Å². The van der Waals surface area contributed by atoms with Gasteiger partial charge in [0.15, 0.2) is 0 Å². The van der Waals surface area contributed by atoms with Gasteiger partial charge in [-0.1, -0.05) is 0 Å². The number of hydrogen-bond acceptors (Lipinski definition) is 6. The molecule has 0 rings (SSSR count). The van der Waals surface area contributed by atoms with Gasteiger partial charge in [-0.3, -0.25) is 0 Å². The number of hydrogen-bond donors (Lipinski definition) is 2. The Morgan fingerprint density at radius 3 is 2.67 bits per heavy atom. The maximum atomic E-state index is 7.47. The molecule has 0 aliphatic carbocycles. The second-order valence-corrected chi connectivity index (χ2v) is 1.17. The van der Waals surface area contributed by atoms with Gasteiger partial charge in [0.1, 0.15) is 0 Å². The van der Waals surface area contributed by atoms with Crippen LogP contribution in [0, 0.1) is 0 Å². The summed E-state index contributed by atoms with van der Waals surface area (Å²) in [5.41, 5.74) is 5.09. The summed E-state index contributed by atoms with van der Waals surface area (Å²) in [6.45, 7) is 0.795. The fourth-order valence-corrected chi connectivity index (χ4v) is 0.208. The van der Waals surface area contributed by atoms with Crippen molar-refractivity contribution in [2.75, 3.05) is 13.2 Å². The van der Waals surface area contributed by atoms with E-state index in [4.69, 9.17) is 11.0 Å². The number of rotatable bonds is 6. The molecule has 0 saturated heterocycles. The molecule has 0 radical (unpaired) electrons. The molecule has 0 heterocycles. The van der Waals surface area contributed by atoms with Crippen LogP contribution in [-0.2, 0) is 20.0 Å². The molecule has 0 aliphatic rings. The van der Waals surface area contributed by atoms with Crippen molar-refractivity contribution >= 4 is 0 Å². The molecule has 3 N–H and O–H groups in total. The molecule has 6 nitrogen and oxygen atoms in total. The molecule has 0 aromatic heterocycles. The highest BCUT2D eigenvalue weighted by Crippen LogP contribution is 1.82. The molecule has 0 bridgehead atoms. The summed E-state index contributed by atoms with van der Waals surface area (Å²) in [5, 5.41) is 17.7. The van der Waals surface area contributed by atoms with Crippen LogP contribution in [-0.4, -0.2) is 18.4 Å². The quantitative estimate of drug-likeness (QED) is 0.296. The zero-order valence-electron chi connectivity index (χ0n) is 4.78. The highest BCUT2D eigenvalue weighted by atomic mass is 17.8. The zero-order valence-corrected chi connectivity index (χ0v) is 4.78. The van der Waals surface area contributed by atoms with Crippen LogP contribution in [0.25, 0.3) is 0 Å². The van der Waals surface area contributed by atoms with Crippen molar-refractivity contribution in [2.45, 2.75) is 6.42 Å². The van der Waals surface area contributed by atoms with Crippen molar-refractivity contribution in [3.05, 3.63) is 0 Å². The average Bonchev–Trinajstić information content (AvgIpc) is 1.89. The first kappa shape index (κ1) is 8.76. The molecule has 0 spiro atoms. The summed E-state index contributed by atoms with van der Waals surface area (Å²) in [4.78, 5) is 4.23. The van der Waals surface area contributed by atoms with Gasteiger partial charge in [-0.25, -0.2) is 10.1 Å². The van der Waals surface area contributed by atoms with Crippen molar-refractivity contribution in [2.24, 2.45) is 5.73 Å². The molecular formula is C3H9NO5. The van der Waals surface area contributed by atoms with Gasteiger partial charge < -0.3 is 5.73 Å². The van der Waals surface area contributed by atoms with E-state index in [1.54, 1.807) is 0 Å². The van der Waals surface area contributed by atoms with Crippen LogP contribution in [0.1, 0.15) is 6.42 Å². The van der Waals surface area contributed by atoms with E-state index in [2.05, 4.69) is 20.0 Å². The standard InChI is InChI=1S/C3H9NO5/c4-2-1-3-6-8-9-7-5/h5H,1-4H2. The fourth-order valence-electron chi connectivity index (χ4n) is 0.208. The van der Waals surface area contributed by atoms with Crippen molar-refractivity contribution < 1.29 is 25.3 Å². The van der Waals surface area contributed by atoms with Crippen LogP contribution in [0.15, 0.2) is 0 Å². The molecular weight excluding hydrogens is 130 g/mol. The predicted molar refractivity (Wildman–Crippen MR) is 25.5 cm³/mol. The van der Waals surface area contributed by atoms with Crippen molar-refractivity contribution in [1.82, 2.24) is 0 Å². The summed E-state index contributed by atoms with van der Waals surface area (Å²) >= 11 is 0. The molecule has 6 heteroatoms. The Morgan fingerprint density at radius 2 is 2.11 bits per heavy atom. The first-order valence-corrected chi connectivity index (χ1v) is 2.38. The van der Waals surface area contributed by atoms with Crippen LogP contribution >= 0.6 is 0 Å². The molecule has 0 aromatic rings. The van der Waals surface area contributed by atoms with Gasteiger partial charge in [0.05, 0.1) is 6.61 Å². The van der Waals surface area contributed by atoms with Crippen LogP contribution in [0.3, 0.4) is 0 Å². The van der Waals surface area contributed by atoms with Crippen LogP contribution in [0.5, 0.6) is 0 Å². The molecule has 0 aromatic carbocycles. The van der Waals surface area contributed by atoms with E-state index in [-0.39, 0.29) is 0 Å². The van der Waals surface area contributed by atoms with Gasteiger partial charge in [0.2, 0.25) is 0 Å². The second kappa shape index (κ2) is 7.76. The van der Waals surface area contributed by atoms with E-state index in [1.165, 1.54) is 0 Å². The highest BCUT2D eigenvalue weighted by molar-refractivity contribution is 4.30. The normalized spacial score (nSPS) is 10.0. The second-order valence-electron chi connectivity index (χ2n) is 1.17. The lowest BCUT2D eigenvalue weighted by molar-refractivity contribution is -0.702. The van der Waals surface area contributed by atoms with Gasteiger partial charge in [0, 0.05) is 0 Å². The van der Waals surface area contributed by atoms with Gasteiger partial charge in [0.25, 0.3) is 0 Å². The summed E-state index contributed by atoms with van der Waals surface area (Å²) in [6, 6.07) is 0. The van der Waals surface area contributed by atoms with E-state index in [1.807, 2.05) is 0 Å². The SMILES string of the molecule is NCCCOOOOO. The lowest BCUT2D eigenvalue weighted by Gasteiger charge is -1.95. The molecule has 0 saturated carbocycles. The molecule has 0 aliphatic heterocycles. The maximum absolute atomic E-state index is 7.47. The lowest BCUT2D eigenvalue weighted by Crippen LogP contribution is -2.05. The smallest absolute Gasteiger partial charge is 0.0867 e. The highest BCUT2D eigenvalue weighted by Gasteiger charge is 1.86. The summed E-state index contributed by atoms with van der Waals surface area (Å²) in [5.74, 6) is 0.